The Balaban J connectivity index is 1.72. The van der Waals surface area contributed by atoms with Crippen molar-refractivity contribution in [2.24, 2.45) is 5.92 Å². The second-order valence-electron chi connectivity index (χ2n) is 7.49. The molecule has 0 spiro atoms. The van der Waals surface area contributed by atoms with Gasteiger partial charge in [-0.1, -0.05) is 6.07 Å². The van der Waals surface area contributed by atoms with Gasteiger partial charge in [0.15, 0.2) is 5.03 Å². The van der Waals surface area contributed by atoms with Crippen LogP contribution in [0.4, 0.5) is 5.69 Å². The number of carbonyl (C=O) groups is 1. The number of aromatic nitrogens is 2. The first-order valence-electron chi connectivity index (χ1n) is 9.86. The van der Waals surface area contributed by atoms with Gasteiger partial charge in [0.2, 0.25) is 0 Å². The number of methoxy groups -OCH3 is 1. The maximum atomic E-state index is 13.2. The Morgan fingerprint density at radius 2 is 2.10 bits per heavy atom. The third-order valence-corrected chi connectivity index (χ3v) is 6.41. The maximum Gasteiger partial charge on any atom is 0.352 e. The van der Waals surface area contributed by atoms with Gasteiger partial charge in [-0.2, -0.15) is 8.42 Å². The zero-order valence-electron chi connectivity index (χ0n) is 16.9. The number of nitrogens with zero attached hydrogens (tertiary/aromatic N) is 1. The van der Waals surface area contributed by atoms with E-state index in [4.69, 9.17) is 9.47 Å². The summed E-state index contributed by atoms with van der Waals surface area (Å²) in [5, 5.41) is 9.81. The Morgan fingerprint density at radius 3 is 2.81 bits per heavy atom. The fraction of sp³-hybridized carbons (Fsp3) is 0.333. The number of rotatable bonds is 10. The normalized spacial score (nSPS) is 14.0. The van der Waals surface area contributed by atoms with Crippen LogP contribution in [0.25, 0.3) is 10.9 Å². The number of carboxylic acids is 1. The van der Waals surface area contributed by atoms with Crippen LogP contribution < -0.4 is 9.46 Å². The first kappa shape index (κ1) is 21.1. The van der Waals surface area contributed by atoms with Crippen LogP contribution in [0.3, 0.4) is 0 Å². The lowest BCUT2D eigenvalue weighted by molar-refractivity contribution is 0.0691. The molecule has 0 saturated heterocycles. The van der Waals surface area contributed by atoms with Crippen molar-refractivity contribution in [3.8, 4) is 5.75 Å². The summed E-state index contributed by atoms with van der Waals surface area (Å²) in [5.41, 5.74) is 1.14. The second kappa shape index (κ2) is 8.56. The molecule has 3 N–H and O–H groups in total. The molecular formula is C21H23N3O6S. The molecule has 0 aliphatic heterocycles. The molecule has 1 aliphatic rings. The molecule has 1 aromatic carbocycles. The van der Waals surface area contributed by atoms with Crippen molar-refractivity contribution in [2.75, 3.05) is 25.0 Å². The molecule has 10 heteroatoms. The number of carboxylic acid groups (broad SMARTS) is 1. The number of sulfonamides is 1. The fourth-order valence-corrected chi connectivity index (χ4v) is 4.63. The highest BCUT2D eigenvalue weighted by Crippen LogP contribution is 2.35. The van der Waals surface area contributed by atoms with E-state index in [1.165, 1.54) is 18.3 Å². The van der Waals surface area contributed by atoms with Crippen LogP contribution in [0.15, 0.2) is 41.6 Å². The van der Waals surface area contributed by atoms with E-state index in [1.54, 1.807) is 25.3 Å². The highest BCUT2D eigenvalue weighted by Gasteiger charge is 2.27. The summed E-state index contributed by atoms with van der Waals surface area (Å²) in [6, 6.07) is 8.09. The van der Waals surface area contributed by atoms with Gasteiger partial charge in [-0.25, -0.2) is 9.78 Å². The van der Waals surface area contributed by atoms with Gasteiger partial charge in [-0.3, -0.25) is 4.72 Å². The standard InChI is InChI=1S/C21H23N3O6S/c1-29-7-8-30-16-10-15-11-18(21(25)26)23-19(15)17(12-16)24-31(27,28)20-14(3-2-6-22-20)9-13-4-5-13/h2-3,6,10-13,23-24H,4-5,7-9H2,1H3,(H,25,26). The van der Waals surface area contributed by atoms with Crippen LogP contribution in [0.2, 0.25) is 0 Å². The van der Waals surface area contributed by atoms with Crippen LogP contribution in [-0.2, 0) is 21.2 Å². The maximum absolute atomic E-state index is 13.2. The monoisotopic (exact) mass is 445 g/mol. The summed E-state index contributed by atoms with van der Waals surface area (Å²) in [6.45, 7) is 0.612. The molecule has 1 saturated carbocycles. The van der Waals surface area contributed by atoms with E-state index in [0.717, 1.165) is 12.8 Å². The number of fused-ring (bicyclic) bond motifs is 1. The second-order valence-corrected chi connectivity index (χ2v) is 9.08. The summed E-state index contributed by atoms with van der Waals surface area (Å²) < 4.78 is 39.6. The molecule has 1 fully saturated rings. The Hall–Kier alpha value is -3.11. The van der Waals surface area contributed by atoms with E-state index < -0.39 is 16.0 Å². The van der Waals surface area contributed by atoms with Gasteiger partial charge in [0, 0.05) is 24.8 Å². The minimum Gasteiger partial charge on any atom is -0.491 e. The number of nitrogens with one attached hydrogen (secondary N) is 2. The number of anilines is 1. The molecule has 0 atom stereocenters. The summed E-state index contributed by atoms with van der Waals surface area (Å²) in [6.07, 6.45) is 4.28. The number of H-pyrrole nitrogens is 1. The van der Waals surface area contributed by atoms with E-state index in [-0.39, 0.29) is 23.0 Å². The number of aromatic amines is 1. The number of ether oxygens (including phenoxy) is 2. The molecule has 0 bridgehead atoms. The first-order chi connectivity index (χ1) is 14.9. The van der Waals surface area contributed by atoms with Crippen LogP contribution in [0.1, 0.15) is 28.9 Å². The minimum absolute atomic E-state index is 0.0224. The quantitative estimate of drug-likeness (QED) is 0.409. The minimum atomic E-state index is -4.01. The average molecular weight is 445 g/mol. The largest absolute Gasteiger partial charge is 0.491 e. The lowest BCUT2D eigenvalue weighted by atomic mass is 10.1. The van der Waals surface area contributed by atoms with Crippen LogP contribution in [0.5, 0.6) is 5.75 Å². The summed E-state index contributed by atoms with van der Waals surface area (Å²) in [4.78, 5) is 18.3. The zero-order valence-corrected chi connectivity index (χ0v) is 17.7. The van der Waals surface area contributed by atoms with E-state index >= 15 is 0 Å². The van der Waals surface area contributed by atoms with Gasteiger partial charge in [-0.15, -0.1) is 0 Å². The Labute approximate surface area is 179 Å². The van der Waals surface area contributed by atoms with Crippen LogP contribution in [-0.4, -0.2) is 49.8 Å². The number of pyridine rings is 1. The van der Waals surface area contributed by atoms with E-state index in [0.29, 0.717) is 41.2 Å². The third-order valence-electron chi connectivity index (χ3n) is 5.04. The highest BCUT2D eigenvalue weighted by atomic mass is 32.2. The number of hydrogen-bond acceptors (Lipinski definition) is 6. The lowest BCUT2D eigenvalue weighted by Gasteiger charge is -2.13. The number of hydrogen-bond donors (Lipinski definition) is 3. The van der Waals surface area contributed by atoms with Gasteiger partial charge in [0.25, 0.3) is 10.0 Å². The SMILES string of the molecule is COCCOc1cc(NS(=O)(=O)c2ncccc2CC2CC2)c2[nH]c(C(=O)O)cc2c1. The Kier molecular flexibility index (Phi) is 5.84. The molecule has 0 radical (unpaired) electrons. The molecule has 2 heterocycles. The van der Waals surface area contributed by atoms with Gasteiger partial charge < -0.3 is 19.6 Å². The summed E-state index contributed by atoms with van der Waals surface area (Å²) >= 11 is 0. The average Bonchev–Trinajstić information content (AvgIpc) is 3.42. The van der Waals surface area contributed by atoms with E-state index in [2.05, 4.69) is 14.7 Å². The smallest absolute Gasteiger partial charge is 0.352 e. The Bertz CT molecular complexity index is 1220. The molecular weight excluding hydrogens is 422 g/mol. The summed E-state index contributed by atoms with van der Waals surface area (Å²) in [7, 11) is -2.47. The molecule has 2 aromatic heterocycles. The van der Waals surface area contributed by atoms with Crippen molar-refractivity contribution in [1.82, 2.24) is 9.97 Å². The molecule has 3 aromatic rings. The predicted octanol–water partition coefficient (Wildman–Crippen LogP) is 3.04. The topological polar surface area (TPSA) is 131 Å². The van der Waals surface area contributed by atoms with Gasteiger partial charge in [0.1, 0.15) is 18.1 Å². The molecule has 0 amide bonds. The fourth-order valence-electron chi connectivity index (χ4n) is 3.39. The van der Waals surface area contributed by atoms with Gasteiger partial charge >= 0.3 is 5.97 Å². The zero-order chi connectivity index (χ0) is 22.0. The van der Waals surface area contributed by atoms with Crippen molar-refractivity contribution >= 4 is 32.6 Å². The molecule has 1 aliphatic carbocycles. The van der Waals surface area contributed by atoms with Crippen LogP contribution in [0, 0.1) is 5.92 Å². The predicted molar refractivity (Wildman–Crippen MR) is 114 cm³/mol. The van der Waals surface area contributed by atoms with E-state index in [9.17, 15) is 18.3 Å². The third kappa shape index (κ3) is 4.80. The van der Waals surface area contributed by atoms with Crippen molar-refractivity contribution in [1.29, 1.82) is 0 Å². The molecule has 9 nitrogen and oxygen atoms in total. The van der Waals surface area contributed by atoms with Crippen molar-refractivity contribution in [2.45, 2.75) is 24.3 Å². The van der Waals surface area contributed by atoms with Crippen molar-refractivity contribution in [3.63, 3.8) is 0 Å². The van der Waals surface area contributed by atoms with E-state index in [1.807, 2.05) is 0 Å². The molecule has 164 valence electrons. The summed E-state index contributed by atoms with van der Waals surface area (Å²) in [5.74, 6) is -0.274. The number of aromatic carboxylic acids is 1. The Morgan fingerprint density at radius 1 is 1.29 bits per heavy atom. The number of benzene rings is 1. The van der Waals surface area contributed by atoms with Crippen LogP contribution >= 0.6 is 0 Å². The van der Waals surface area contributed by atoms with Gasteiger partial charge in [0.05, 0.1) is 17.8 Å². The first-order valence-corrected chi connectivity index (χ1v) is 11.3. The highest BCUT2D eigenvalue weighted by molar-refractivity contribution is 7.92. The van der Waals surface area contributed by atoms with Crippen molar-refractivity contribution < 1.29 is 27.8 Å². The van der Waals surface area contributed by atoms with Gasteiger partial charge in [-0.05, 0) is 48.9 Å². The molecule has 4 rings (SSSR count). The molecule has 31 heavy (non-hydrogen) atoms. The van der Waals surface area contributed by atoms with Crippen molar-refractivity contribution in [3.05, 3.63) is 47.8 Å². The lowest BCUT2D eigenvalue weighted by Crippen LogP contribution is -2.17. The molecule has 0 unspecified atom stereocenters.